The van der Waals surface area contributed by atoms with Gasteiger partial charge < -0.3 is 24.2 Å². The van der Waals surface area contributed by atoms with Crippen molar-refractivity contribution in [3.63, 3.8) is 0 Å². The SMILES string of the molecule is Cc1ccc(OCc2cccc(-c3c(C)cc(OC4CN(C(=O)CO)C4)cc3C)c2)cc1OCCCC(=O)OF. The van der Waals surface area contributed by atoms with Crippen molar-refractivity contribution in [2.45, 2.75) is 46.3 Å². The fraction of sp³-hybridized carbons (Fsp3) is 0.355. The van der Waals surface area contributed by atoms with Gasteiger partial charge in [0.05, 0.1) is 26.1 Å². The van der Waals surface area contributed by atoms with Crippen LogP contribution in [0.4, 0.5) is 4.53 Å². The second-order valence-corrected chi connectivity index (χ2v) is 9.95. The lowest BCUT2D eigenvalue weighted by molar-refractivity contribution is -0.183. The molecule has 0 spiro atoms. The summed E-state index contributed by atoms with van der Waals surface area (Å²) in [6, 6.07) is 17.8. The number of nitrogens with zero attached hydrogens (tertiary/aromatic N) is 1. The smallest absolute Gasteiger partial charge is 0.348 e. The quantitative estimate of drug-likeness (QED) is 0.316. The Morgan fingerprint density at radius 1 is 0.950 bits per heavy atom. The van der Waals surface area contributed by atoms with Gasteiger partial charge in [-0.25, -0.2) is 4.79 Å². The highest BCUT2D eigenvalue weighted by Crippen LogP contribution is 2.33. The van der Waals surface area contributed by atoms with Crippen molar-refractivity contribution < 1.29 is 38.4 Å². The topological polar surface area (TPSA) is 94.5 Å². The molecule has 0 radical (unpaired) electrons. The highest BCUT2D eigenvalue weighted by Gasteiger charge is 2.31. The highest BCUT2D eigenvalue weighted by molar-refractivity contribution is 5.78. The number of halogens is 1. The van der Waals surface area contributed by atoms with Crippen molar-refractivity contribution >= 4 is 11.9 Å². The summed E-state index contributed by atoms with van der Waals surface area (Å²) in [5.74, 6) is 0.868. The molecule has 0 atom stereocenters. The standard InChI is InChI=1S/C31H34FNO7/c1-20-9-10-25(15-28(20)37-11-5-8-30(36)40-32)38-19-23-6-4-7-24(14-23)31-21(2)12-26(13-22(31)3)39-27-16-33(17-27)29(35)18-34/h4,6-7,9-10,12-15,27,34H,5,8,11,16-19H2,1-3H3. The molecule has 1 fully saturated rings. The Bertz CT molecular complexity index is 1330. The molecule has 1 N–H and O–H groups in total. The summed E-state index contributed by atoms with van der Waals surface area (Å²) in [5, 5.41) is 8.98. The van der Waals surface area contributed by atoms with E-state index < -0.39 is 12.6 Å². The van der Waals surface area contributed by atoms with Crippen molar-refractivity contribution in [3.05, 3.63) is 76.9 Å². The summed E-state index contributed by atoms with van der Waals surface area (Å²) >= 11 is 0. The van der Waals surface area contributed by atoms with E-state index in [1.54, 1.807) is 11.0 Å². The lowest BCUT2D eigenvalue weighted by Gasteiger charge is -2.38. The Kier molecular flexibility index (Phi) is 9.60. The zero-order valence-electron chi connectivity index (χ0n) is 22.9. The average molecular weight is 552 g/mol. The van der Waals surface area contributed by atoms with Crippen LogP contribution in [0.3, 0.4) is 0 Å². The van der Waals surface area contributed by atoms with Crippen molar-refractivity contribution in [1.29, 1.82) is 0 Å². The molecule has 0 aliphatic carbocycles. The van der Waals surface area contributed by atoms with Crippen molar-refractivity contribution in [1.82, 2.24) is 4.90 Å². The van der Waals surface area contributed by atoms with Gasteiger partial charge in [0.1, 0.15) is 36.6 Å². The first-order valence-corrected chi connectivity index (χ1v) is 13.2. The van der Waals surface area contributed by atoms with Gasteiger partial charge in [0, 0.05) is 10.6 Å². The predicted molar refractivity (Wildman–Crippen MR) is 147 cm³/mol. The molecule has 1 amide bonds. The molecule has 8 nitrogen and oxygen atoms in total. The monoisotopic (exact) mass is 551 g/mol. The fourth-order valence-electron chi connectivity index (χ4n) is 4.70. The molecular formula is C31H34FNO7. The maximum atomic E-state index is 11.8. The van der Waals surface area contributed by atoms with Crippen LogP contribution in [0.2, 0.25) is 0 Å². The molecule has 3 aromatic rings. The molecule has 3 aromatic carbocycles. The summed E-state index contributed by atoms with van der Waals surface area (Å²) in [6.45, 7) is 7.12. The van der Waals surface area contributed by atoms with Gasteiger partial charge in [0.15, 0.2) is 0 Å². The molecule has 0 unspecified atom stereocenters. The van der Waals surface area contributed by atoms with E-state index in [4.69, 9.17) is 19.3 Å². The number of hydrogen-bond donors (Lipinski definition) is 1. The number of aliphatic hydroxyl groups excluding tert-OH is 1. The zero-order valence-corrected chi connectivity index (χ0v) is 22.9. The first kappa shape index (κ1) is 28.9. The molecule has 9 heteroatoms. The van der Waals surface area contributed by atoms with Crippen LogP contribution >= 0.6 is 0 Å². The molecule has 1 heterocycles. The molecule has 1 saturated heterocycles. The van der Waals surface area contributed by atoms with Gasteiger partial charge in [0.2, 0.25) is 5.91 Å². The van der Waals surface area contributed by atoms with Crippen LogP contribution in [0.1, 0.15) is 35.1 Å². The van der Waals surface area contributed by atoms with Crippen molar-refractivity contribution in [3.8, 4) is 28.4 Å². The van der Waals surface area contributed by atoms with E-state index in [-0.39, 0.29) is 25.0 Å². The summed E-state index contributed by atoms with van der Waals surface area (Å²) in [4.78, 5) is 27.2. The zero-order chi connectivity index (χ0) is 28.6. The number of likely N-dealkylation sites (tertiary alicyclic amines) is 1. The number of aryl methyl sites for hydroxylation is 3. The summed E-state index contributed by atoms with van der Waals surface area (Å²) < 4.78 is 29.7. The van der Waals surface area contributed by atoms with Gasteiger partial charge in [-0.1, -0.05) is 24.3 Å². The number of aliphatic hydroxyl groups is 1. The Morgan fingerprint density at radius 2 is 1.70 bits per heavy atom. The number of carbonyl (C=O) groups is 2. The van der Waals surface area contributed by atoms with Gasteiger partial charge >= 0.3 is 5.97 Å². The van der Waals surface area contributed by atoms with Crippen LogP contribution in [-0.4, -0.2) is 54.3 Å². The van der Waals surface area contributed by atoms with Crippen LogP contribution in [0.25, 0.3) is 11.1 Å². The Labute approximate surface area is 233 Å². The molecule has 0 saturated carbocycles. The van der Waals surface area contributed by atoms with Crippen LogP contribution in [0, 0.1) is 20.8 Å². The number of benzene rings is 3. The van der Waals surface area contributed by atoms with Gasteiger partial charge in [0.25, 0.3) is 0 Å². The van der Waals surface area contributed by atoms with E-state index in [0.29, 0.717) is 37.6 Å². The third kappa shape index (κ3) is 7.30. The minimum atomic E-state index is -0.909. The van der Waals surface area contributed by atoms with Crippen LogP contribution < -0.4 is 14.2 Å². The third-order valence-electron chi connectivity index (χ3n) is 6.79. The van der Waals surface area contributed by atoms with Crippen molar-refractivity contribution in [2.75, 3.05) is 26.3 Å². The minimum absolute atomic E-state index is 0.0520. The highest BCUT2D eigenvalue weighted by atomic mass is 19.3. The van der Waals surface area contributed by atoms with Gasteiger partial charge in [-0.15, -0.1) is 0 Å². The minimum Gasteiger partial charge on any atom is -0.493 e. The fourth-order valence-corrected chi connectivity index (χ4v) is 4.70. The Hall–Kier alpha value is -4.11. The second kappa shape index (κ2) is 13.3. The lowest BCUT2D eigenvalue weighted by atomic mass is 9.94. The van der Waals surface area contributed by atoms with Gasteiger partial charge in [-0.2, -0.15) is 0 Å². The largest absolute Gasteiger partial charge is 0.493 e. The Balaban J connectivity index is 1.37. The van der Waals surface area contributed by atoms with Gasteiger partial charge in [-0.05, 0) is 84.8 Å². The normalized spacial score (nSPS) is 13.0. The van der Waals surface area contributed by atoms with Crippen LogP contribution in [-0.2, 0) is 21.1 Å². The van der Waals surface area contributed by atoms with E-state index in [2.05, 4.69) is 30.9 Å². The van der Waals surface area contributed by atoms with Gasteiger partial charge in [-0.3, -0.25) is 9.74 Å². The molecule has 212 valence electrons. The molecular weight excluding hydrogens is 517 g/mol. The number of hydrogen-bond acceptors (Lipinski definition) is 7. The predicted octanol–water partition coefficient (Wildman–Crippen LogP) is 5.03. The molecule has 0 bridgehead atoms. The molecule has 4 rings (SSSR count). The van der Waals surface area contributed by atoms with Crippen molar-refractivity contribution in [2.24, 2.45) is 0 Å². The summed E-state index contributed by atoms with van der Waals surface area (Å²) in [5.41, 5.74) is 6.29. The second-order valence-electron chi connectivity index (χ2n) is 9.95. The summed E-state index contributed by atoms with van der Waals surface area (Å²) in [6.07, 6.45) is 0.217. The maximum Gasteiger partial charge on any atom is 0.348 e. The van der Waals surface area contributed by atoms with E-state index in [0.717, 1.165) is 39.1 Å². The lowest BCUT2D eigenvalue weighted by Crippen LogP contribution is -2.56. The maximum absolute atomic E-state index is 11.8. The molecule has 1 aliphatic rings. The first-order chi connectivity index (χ1) is 19.3. The number of amides is 1. The Morgan fingerprint density at radius 3 is 2.40 bits per heavy atom. The third-order valence-corrected chi connectivity index (χ3v) is 6.79. The van der Waals surface area contributed by atoms with Crippen LogP contribution in [0.15, 0.2) is 54.6 Å². The molecule has 1 aliphatic heterocycles. The summed E-state index contributed by atoms with van der Waals surface area (Å²) in [7, 11) is 0. The van der Waals surface area contributed by atoms with Crippen LogP contribution in [0.5, 0.6) is 17.2 Å². The van der Waals surface area contributed by atoms with E-state index in [1.807, 2.05) is 43.3 Å². The number of carbonyl (C=O) groups excluding carboxylic acids is 2. The van der Waals surface area contributed by atoms with E-state index in [1.165, 1.54) is 0 Å². The molecule has 0 aromatic heterocycles. The number of rotatable bonds is 12. The van der Waals surface area contributed by atoms with E-state index in [9.17, 15) is 14.1 Å². The molecule has 40 heavy (non-hydrogen) atoms. The first-order valence-electron chi connectivity index (χ1n) is 13.2. The van der Waals surface area contributed by atoms with E-state index >= 15 is 0 Å². The average Bonchev–Trinajstić information content (AvgIpc) is 2.92. The number of ether oxygens (including phenoxy) is 3.